The molecule has 0 unspecified atom stereocenters. The lowest BCUT2D eigenvalue weighted by atomic mass is 10.0. The summed E-state index contributed by atoms with van der Waals surface area (Å²) in [5.74, 6) is 2.36. The molecule has 170 valence electrons. The Kier molecular flexibility index (Phi) is 7.71. The fraction of sp³-hybridized carbons (Fsp3) is 0.214. The summed E-state index contributed by atoms with van der Waals surface area (Å²) in [5, 5.41) is 6.68. The summed E-state index contributed by atoms with van der Waals surface area (Å²) in [4.78, 5) is 0. The zero-order chi connectivity index (χ0) is 23.0. The second-order valence-corrected chi connectivity index (χ2v) is 8.17. The molecule has 0 aliphatic heterocycles. The summed E-state index contributed by atoms with van der Waals surface area (Å²) in [6, 6.07) is 26.3. The van der Waals surface area contributed by atoms with Gasteiger partial charge in [0.25, 0.3) is 0 Å². The molecule has 0 saturated carbocycles. The molecule has 0 saturated heterocycles. The number of halogens is 1. The van der Waals surface area contributed by atoms with Crippen LogP contribution < -0.4 is 19.5 Å². The van der Waals surface area contributed by atoms with Crippen LogP contribution in [0.2, 0.25) is 5.02 Å². The Bertz CT molecular complexity index is 1220. The molecule has 0 heterocycles. The quantitative estimate of drug-likeness (QED) is 0.276. The number of ether oxygens (including phenoxy) is 3. The highest BCUT2D eigenvalue weighted by atomic mass is 35.5. The maximum absolute atomic E-state index is 6.32. The van der Waals surface area contributed by atoms with Gasteiger partial charge in [-0.05, 0) is 53.6 Å². The van der Waals surface area contributed by atoms with Crippen molar-refractivity contribution in [1.29, 1.82) is 0 Å². The molecule has 4 aromatic rings. The zero-order valence-corrected chi connectivity index (χ0v) is 19.7. The van der Waals surface area contributed by atoms with Gasteiger partial charge in [0.15, 0.2) is 11.5 Å². The largest absolute Gasteiger partial charge is 0.493 e. The van der Waals surface area contributed by atoms with Crippen LogP contribution in [0.15, 0.2) is 78.9 Å². The van der Waals surface area contributed by atoms with E-state index in [2.05, 4.69) is 41.7 Å². The van der Waals surface area contributed by atoms with Crippen molar-refractivity contribution in [2.24, 2.45) is 0 Å². The number of rotatable bonds is 10. The SMILES string of the molecule is COc1ccc(CCNCc2c(OCc3ccccc3Cl)ccc3ccccc23)cc1OC. The van der Waals surface area contributed by atoms with Crippen LogP contribution in [0.25, 0.3) is 10.8 Å². The summed E-state index contributed by atoms with van der Waals surface area (Å²) in [5.41, 5.74) is 3.31. The van der Waals surface area contributed by atoms with Crippen LogP contribution in [-0.4, -0.2) is 20.8 Å². The van der Waals surface area contributed by atoms with Gasteiger partial charge in [-0.25, -0.2) is 0 Å². The third kappa shape index (κ3) is 5.59. The topological polar surface area (TPSA) is 39.7 Å². The van der Waals surface area contributed by atoms with E-state index >= 15 is 0 Å². The third-order valence-electron chi connectivity index (χ3n) is 5.68. The highest BCUT2D eigenvalue weighted by Crippen LogP contribution is 2.30. The summed E-state index contributed by atoms with van der Waals surface area (Å²) < 4.78 is 17.0. The van der Waals surface area contributed by atoms with Crippen LogP contribution in [-0.2, 0) is 19.6 Å². The Labute approximate surface area is 200 Å². The molecule has 0 amide bonds. The monoisotopic (exact) mass is 461 g/mol. The average molecular weight is 462 g/mol. The van der Waals surface area contributed by atoms with Gasteiger partial charge >= 0.3 is 0 Å². The van der Waals surface area contributed by atoms with Crippen molar-refractivity contribution in [3.63, 3.8) is 0 Å². The normalized spacial score (nSPS) is 10.9. The van der Waals surface area contributed by atoms with Gasteiger partial charge in [0.1, 0.15) is 12.4 Å². The molecule has 0 aliphatic carbocycles. The number of hydrogen-bond donors (Lipinski definition) is 1. The first-order valence-corrected chi connectivity index (χ1v) is 11.4. The van der Waals surface area contributed by atoms with Crippen LogP contribution in [0.1, 0.15) is 16.7 Å². The van der Waals surface area contributed by atoms with Crippen molar-refractivity contribution in [3.05, 3.63) is 101 Å². The Morgan fingerprint density at radius 2 is 1.55 bits per heavy atom. The molecule has 0 bridgehead atoms. The van der Waals surface area contributed by atoms with E-state index in [9.17, 15) is 0 Å². The number of nitrogens with one attached hydrogen (secondary N) is 1. The minimum atomic E-state index is 0.427. The van der Waals surface area contributed by atoms with Gasteiger partial charge in [0.2, 0.25) is 0 Å². The standard InChI is InChI=1S/C28H28ClNO3/c1-31-27-13-11-20(17-28(27)32-2)15-16-30-18-24-23-9-5-3-7-21(23)12-14-26(24)33-19-22-8-4-6-10-25(22)29/h3-14,17,30H,15-16,18-19H2,1-2H3. The van der Waals surface area contributed by atoms with Crippen LogP contribution in [0.5, 0.6) is 17.2 Å². The summed E-state index contributed by atoms with van der Waals surface area (Å²) in [6.45, 7) is 1.95. The molecule has 0 radical (unpaired) electrons. The summed E-state index contributed by atoms with van der Waals surface area (Å²) >= 11 is 6.32. The number of hydrogen-bond acceptors (Lipinski definition) is 4. The molecule has 0 atom stereocenters. The predicted octanol–water partition coefficient (Wildman–Crippen LogP) is 6.42. The maximum Gasteiger partial charge on any atom is 0.160 e. The first-order chi connectivity index (χ1) is 16.2. The van der Waals surface area contributed by atoms with Gasteiger partial charge < -0.3 is 19.5 Å². The van der Waals surface area contributed by atoms with E-state index in [1.165, 1.54) is 16.3 Å². The van der Waals surface area contributed by atoms with Crippen LogP contribution >= 0.6 is 11.6 Å². The maximum atomic E-state index is 6.32. The van der Waals surface area contributed by atoms with Gasteiger partial charge in [-0.1, -0.05) is 66.2 Å². The molecule has 33 heavy (non-hydrogen) atoms. The lowest BCUT2D eigenvalue weighted by molar-refractivity contribution is 0.303. The highest BCUT2D eigenvalue weighted by molar-refractivity contribution is 6.31. The van der Waals surface area contributed by atoms with Crippen LogP contribution in [0, 0.1) is 0 Å². The molecule has 0 aromatic heterocycles. The van der Waals surface area contributed by atoms with E-state index < -0.39 is 0 Å². The van der Waals surface area contributed by atoms with E-state index in [4.69, 9.17) is 25.8 Å². The lowest BCUT2D eigenvalue weighted by Crippen LogP contribution is -2.17. The smallest absolute Gasteiger partial charge is 0.160 e. The Morgan fingerprint density at radius 1 is 0.788 bits per heavy atom. The van der Waals surface area contributed by atoms with Crippen LogP contribution in [0.3, 0.4) is 0 Å². The Hall–Kier alpha value is -3.21. The summed E-state index contributed by atoms with van der Waals surface area (Å²) in [6.07, 6.45) is 0.876. The van der Waals surface area contributed by atoms with Crippen LogP contribution in [0.4, 0.5) is 0 Å². The first-order valence-electron chi connectivity index (χ1n) is 11.0. The first kappa shape index (κ1) is 23.0. The molecule has 4 rings (SSSR count). The minimum absolute atomic E-state index is 0.427. The van der Waals surface area contributed by atoms with Gasteiger partial charge in [-0.2, -0.15) is 0 Å². The zero-order valence-electron chi connectivity index (χ0n) is 18.9. The fourth-order valence-electron chi connectivity index (χ4n) is 3.89. The number of fused-ring (bicyclic) bond motifs is 1. The second kappa shape index (κ2) is 11.1. The fourth-order valence-corrected chi connectivity index (χ4v) is 4.08. The molecule has 0 fully saturated rings. The number of benzene rings is 4. The van der Waals surface area contributed by atoms with E-state index in [-0.39, 0.29) is 0 Å². The molecule has 4 aromatic carbocycles. The second-order valence-electron chi connectivity index (χ2n) is 7.76. The molecular weight excluding hydrogens is 434 g/mol. The molecule has 0 spiro atoms. The molecule has 0 aliphatic rings. The van der Waals surface area contributed by atoms with Gasteiger partial charge in [-0.3, -0.25) is 0 Å². The van der Waals surface area contributed by atoms with Gasteiger partial charge in [0, 0.05) is 22.7 Å². The van der Waals surface area contributed by atoms with E-state index in [1.54, 1.807) is 14.2 Å². The highest BCUT2D eigenvalue weighted by Gasteiger charge is 2.10. The minimum Gasteiger partial charge on any atom is -0.493 e. The molecule has 4 nitrogen and oxygen atoms in total. The van der Waals surface area contributed by atoms with Crippen molar-refractivity contribution in [3.8, 4) is 17.2 Å². The van der Waals surface area contributed by atoms with Gasteiger partial charge in [-0.15, -0.1) is 0 Å². The van der Waals surface area contributed by atoms with Gasteiger partial charge in [0.05, 0.1) is 14.2 Å². The van der Waals surface area contributed by atoms with Crippen molar-refractivity contribution in [2.45, 2.75) is 19.6 Å². The Balaban J connectivity index is 1.46. The van der Waals surface area contributed by atoms with Crippen molar-refractivity contribution in [1.82, 2.24) is 5.32 Å². The Morgan fingerprint density at radius 3 is 2.36 bits per heavy atom. The van der Waals surface area contributed by atoms with Crippen molar-refractivity contribution >= 4 is 22.4 Å². The predicted molar refractivity (Wildman–Crippen MR) is 135 cm³/mol. The van der Waals surface area contributed by atoms with E-state index in [0.717, 1.165) is 41.3 Å². The molecule has 1 N–H and O–H groups in total. The molecule has 5 heteroatoms. The van der Waals surface area contributed by atoms with E-state index in [1.807, 2.05) is 42.5 Å². The van der Waals surface area contributed by atoms with Crippen molar-refractivity contribution in [2.75, 3.05) is 20.8 Å². The van der Waals surface area contributed by atoms with E-state index in [0.29, 0.717) is 18.2 Å². The molecular formula is C28H28ClNO3. The third-order valence-corrected chi connectivity index (χ3v) is 6.05. The average Bonchev–Trinajstić information content (AvgIpc) is 2.86. The lowest BCUT2D eigenvalue weighted by Gasteiger charge is -2.16. The van der Waals surface area contributed by atoms with Crippen molar-refractivity contribution < 1.29 is 14.2 Å². The summed E-state index contributed by atoms with van der Waals surface area (Å²) in [7, 11) is 3.30. The number of methoxy groups -OCH3 is 2.